The Hall–Kier alpha value is -2.40. The molecule has 1 heterocycles. The van der Waals surface area contributed by atoms with Crippen LogP contribution in [0.2, 0.25) is 0 Å². The number of carbonyl (C=O) groups is 1. The van der Waals surface area contributed by atoms with E-state index in [1.807, 2.05) is 37.3 Å². The summed E-state index contributed by atoms with van der Waals surface area (Å²) in [6.07, 6.45) is 2.69. The Labute approximate surface area is 123 Å². The van der Waals surface area contributed by atoms with Crippen LogP contribution in [-0.4, -0.2) is 22.6 Å². The number of aliphatic hydroxyl groups excluding tert-OH is 1. The van der Waals surface area contributed by atoms with E-state index in [2.05, 4.69) is 10.3 Å². The largest absolute Gasteiger partial charge is 0.501 e. The first kappa shape index (κ1) is 15.0. The SMILES string of the molecule is CCO/C=C/C(=O)NCc1cc2ccccc2nc1CO. The van der Waals surface area contributed by atoms with Crippen LogP contribution < -0.4 is 5.32 Å². The van der Waals surface area contributed by atoms with Gasteiger partial charge in [-0.15, -0.1) is 0 Å². The number of ether oxygens (including phenoxy) is 1. The zero-order valence-corrected chi connectivity index (χ0v) is 11.9. The summed E-state index contributed by atoms with van der Waals surface area (Å²) in [5.74, 6) is -0.250. The Morgan fingerprint density at radius 3 is 3.00 bits per heavy atom. The maximum Gasteiger partial charge on any atom is 0.247 e. The molecule has 5 nitrogen and oxygen atoms in total. The number of nitrogens with one attached hydrogen (secondary N) is 1. The average molecular weight is 286 g/mol. The lowest BCUT2D eigenvalue weighted by atomic mass is 10.1. The van der Waals surface area contributed by atoms with Gasteiger partial charge >= 0.3 is 0 Å². The second kappa shape index (κ2) is 7.40. The van der Waals surface area contributed by atoms with Gasteiger partial charge in [0.05, 0.1) is 30.7 Å². The van der Waals surface area contributed by atoms with E-state index >= 15 is 0 Å². The number of hydrogen-bond acceptors (Lipinski definition) is 4. The number of fused-ring (bicyclic) bond motifs is 1. The highest BCUT2D eigenvalue weighted by molar-refractivity contribution is 5.87. The van der Waals surface area contributed by atoms with Gasteiger partial charge in [0.2, 0.25) is 5.91 Å². The van der Waals surface area contributed by atoms with Gasteiger partial charge in [0.1, 0.15) is 0 Å². The maximum atomic E-state index is 11.6. The summed E-state index contributed by atoms with van der Waals surface area (Å²) < 4.78 is 4.97. The summed E-state index contributed by atoms with van der Waals surface area (Å²) >= 11 is 0. The summed E-state index contributed by atoms with van der Waals surface area (Å²) in [6, 6.07) is 9.60. The highest BCUT2D eigenvalue weighted by Crippen LogP contribution is 2.16. The number of para-hydroxylation sites is 1. The second-order valence-electron chi connectivity index (χ2n) is 4.42. The van der Waals surface area contributed by atoms with Crippen molar-refractivity contribution in [3.63, 3.8) is 0 Å². The number of benzene rings is 1. The monoisotopic (exact) mass is 286 g/mol. The van der Waals surface area contributed by atoms with Crippen LogP contribution in [0, 0.1) is 0 Å². The number of hydrogen-bond donors (Lipinski definition) is 2. The van der Waals surface area contributed by atoms with E-state index in [9.17, 15) is 9.90 Å². The van der Waals surface area contributed by atoms with Crippen LogP contribution in [0.1, 0.15) is 18.2 Å². The van der Waals surface area contributed by atoms with Crippen LogP contribution in [0.4, 0.5) is 0 Å². The predicted molar refractivity (Wildman–Crippen MR) is 80.3 cm³/mol. The van der Waals surface area contributed by atoms with Gasteiger partial charge < -0.3 is 15.2 Å². The Bertz CT molecular complexity index is 653. The first-order valence-corrected chi connectivity index (χ1v) is 6.79. The molecule has 0 atom stereocenters. The molecular weight excluding hydrogens is 268 g/mol. The quantitative estimate of drug-likeness (QED) is 0.628. The molecule has 1 amide bonds. The summed E-state index contributed by atoms with van der Waals surface area (Å²) in [4.78, 5) is 16.0. The summed E-state index contributed by atoms with van der Waals surface area (Å²) in [5, 5.41) is 13.1. The van der Waals surface area contributed by atoms with Crippen molar-refractivity contribution in [1.82, 2.24) is 10.3 Å². The lowest BCUT2D eigenvalue weighted by Crippen LogP contribution is -2.21. The second-order valence-corrected chi connectivity index (χ2v) is 4.42. The topological polar surface area (TPSA) is 71.5 Å². The Morgan fingerprint density at radius 1 is 1.43 bits per heavy atom. The molecule has 0 fully saturated rings. The van der Waals surface area contributed by atoms with E-state index < -0.39 is 0 Å². The molecule has 0 saturated carbocycles. The van der Waals surface area contributed by atoms with Crippen molar-refractivity contribution in [2.45, 2.75) is 20.1 Å². The Morgan fingerprint density at radius 2 is 2.24 bits per heavy atom. The molecule has 0 aliphatic carbocycles. The minimum atomic E-state index is -0.250. The predicted octanol–water partition coefficient (Wildman–Crippen LogP) is 1.89. The van der Waals surface area contributed by atoms with E-state index in [0.717, 1.165) is 16.5 Å². The molecular formula is C16H18N2O3. The third kappa shape index (κ3) is 4.03. The van der Waals surface area contributed by atoms with Crippen molar-refractivity contribution in [2.75, 3.05) is 6.61 Å². The fourth-order valence-electron chi connectivity index (χ4n) is 1.94. The van der Waals surface area contributed by atoms with Gasteiger partial charge in [-0.05, 0) is 24.6 Å². The van der Waals surface area contributed by atoms with Crippen LogP contribution in [-0.2, 0) is 22.7 Å². The van der Waals surface area contributed by atoms with Gasteiger partial charge in [0.15, 0.2) is 0 Å². The van der Waals surface area contributed by atoms with Crippen LogP contribution in [0.5, 0.6) is 0 Å². The van der Waals surface area contributed by atoms with Crippen LogP contribution in [0.25, 0.3) is 10.9 Å². The minimum Gasteiger partial charge on any atom is -0.501 e. The number of amides is 1. The van der Waals surface area contributed by atoms with E-state index in [-0.39, 0.29) is 12.5 Å². The van der Waals surface area contributed by atoms with Gasteiger partial charge in [-0.25, -0.2) is 0 Å². The molecule has 0 unspecified atom stereocenters. The molecule has 2 N–H and O–H groups in total. The molecule has 1 aromatic carbocycles. The number of carbonyl (C=O) groups excluding carboxylic acids is 1. The van der Waals surface area contributed by atoms with E-state index in [4.69, 9.17) is 4.74 Å². The van der Waals surface area contributed by atoms with Gasteiger partial charge in [-0.2, -0.15) is 0 Å². The molecule has 0 bridgehead atoms. The van der Waals surface area contributed by atoms with E-state index in [0.29, 0.717) is 18.8 Å². The molecule has 0 aliphatic rings. The highest BCUT2D eigenvalue weighted by atomic mass is 16.5. The number of aromatic nitrogens is 1. The lowest BCUT2D eigenvalue weighted by molar-refractivity contribution is -0.116. The first-order valence-electron chi connectivity index (χ1n) is 6.79. The number of rotatable bonds is 6. The van der Waals surface area contributed by atoms with Crippen molar-refractivity contribution in [2.24, 2.45) is 0 Å². The van der Waals surface area contributed by atoms with Crippen molar-refractivity contribution < 1.29 is 14.6 Å². The van der Waals surface area contributed by atoms with E-state index in [1.165, 1.54) is 12.3 Å². The molecule has 2 rings (SSSR count). The van der Waals surface area contributed by atoms with Crippen LogP contribution in [0.15, 0.2) is 42.7 Å². The molecule has 1 aromatic heterocycles. The van der Waals surface area contributed by atoms with Crippen molar-refractivity contribution in [3.8, 4) is 0 Å². The molecule has 2 aromatic rings. The summed E-state index contributed by atoms with van der Waals surface area (Å²) in [6.45, 7) is 2.51. The molecule has 21 heavy (non-hydrogen) atoms. The van der Waals surface area contributed by atoms with Crippen LogP contribution >= 0.6 is 0 Å². The average Bonchev–Trinajstić information content (AvgIpc) is 2.52. The zero-order chi connectivity index (χ0) is 15.1. The third-order valence-electron chi connectivity index (χ3n) is 2.98. The van der Waals surface area contributed by atoms with Crippen molar-refractivity contribution >= 4 is 16.8 Å². The summed E-state index contributed by atoms with van der Waals surface area (Å²) in [5.41, 5.74) is 2.20. The summed E-state index contributed by atoms with van der Waals surface area (Å²) in [7, 11) is 0. The normalized spacial score (nSPS) is 11.0. The Balaban J connectivity index is 2.12. The smallest absolute Gasteiger partial charge is 0.247 e. The lowest BCUT2D eigenvalue weighted by Gasteiger charge is -2.09. The van der Waals surface area contributed by atoms with Gasteiger partial charge in [-0.1, -0.05) is 18.2 Å². The third-order valence-corrected chi connectivity index (χ3v) is 2.98. The standard InChI is InChI=1S/C16H18N2O3/c1-2-21-8-7-16(20)17-10-13-9-12-5-3-4-6-14(12)18-15(13)11-19/h3-9,19H,2,10-11H2,1H3,(H,17,20)/b8-7+. The molecule has 0 saturated heterocycles. The van der Waals surface area contributed by atoms with Gasteiger partial charge in [0, 0.05) is 18.0 Å². The number of nitrogens with zero attached hydrogens (tertiary/aromatic N) is 1. The molecule has 0 radical (unpaired) electrons. The molecule has 0 spiro atoms. The highest BCUT2D eigenvalue weighted by Gasteiger charge is 2.07. The van der Waals surface area contributed by atoms with Gasteiger partial charge in [-0.3, -0.25) is 9.78 Å². The Kier molecular flexibility index (Phi) is 5.29. The fraction of sp³-hybridized carbons (Fsp3) is 0.250. The first-order chi connectivity index (χ1) is 10.2. The van der Waals surface area contributed by atoms with Gasteiger partial charge in [0.25, 0.3) is 0 Å². The zero-order valence-electron chi connectivity index (χ0n) is 11.9. The van der Waals surface area contributed by atoms with Crippen molar-refractivity contribution in [1.29, 1.82) is 0 Å². The number of pyridine rings is 1. The van der Waals surface area contributed by atoms with Crippen LogP contribution in [0.3, 0.4) is 0 Å². The number of aliphatic hydroxyl groups is 1. The molecule has 0 aliphatic heterocycles. The molecule has 110 valence electrons. The molecule has 5 heteroatoms. The van der Waals surface area contributed by atoms with E-state index in [1.54, 1.807) is 0 Å². The fourth-order valence-corrected chi connectivity index (χ4v) is 1.94. The van der Waals surface area contributed by atoms with Crippen molar-refractivity contribution in [3.05, 3.63) is 53.9 Å². The maximum absolute atomic E-state index is 11.6. The minimum absolute atomic E-state index is 0.162.